The molecule has 0 aliphatic heterocycles. The first kappa shape index (κ1) is 16.2. The fourth-order valence-electron chi connectivity index (χ4n) is 3.02. The molecule has 0 spiro atoms. The highest BCUT2D eigenvalue weighted by atomic mass is 16.5. The first-order valence-electron chi connectivity index (χ1n) is 8.28. The fourth-order valence-corrected chi connectivity index (χ4v) is 3.02. The molecule has 1 saturated carbocycles. The summed E-state index contributed by atoms with van der Waals surface area (Å²) in [6.07, 6.45) is 3.23. The number of nitrogens with one attached hydrogen (secondary N) is 1. The third-order valence-corrected chi connectivity index (χ3v) is 4.47. The second-order valence-corrected chi connectivity index (χ2v) is 6.00. The van der Waals surface area contributed by atoms with Gasteiger partial charge < -0.3 is 14.8 Å². The summed E-state index contributed by atoms with van der Waals surface area (Å²) < 4.78 is 11.7. The van der Waals surface area contributed by atoms with E-state index in [4.69, 9.17) is 9.47 Å². The van der Waals surface area contributed by atoms with E-state index >= 15 is 0 Å². The van der Waals surface area contributed by atoms with Crippen molar-refractivity contribution in [2.24, 2.45) is 5.92 Å². The minimum absolute atomic E-state index is 0.631. The van der Waals surface area contributed by atoms with Gasteiger partial charge in [0.25, 0.3) is 0 Å². The molecule has 0 aromatic heterocycles. The minimum atomic E-state index is 0.631. The average Bonchev–Trinajstić information content (AvgIpc) is 2.50. The Bertz CT molecular complexity index is 447. The van der Waals surface area contributed by atoms with Crippen LogP contribution in [0.2, 0.25) is 0 Å². The van der Waals surface area contributed by atoms with Crippen molar-refractivity contribution in [3.63, 3.8) is 0 Å². The highest BCUT2D eigenvalue weighted by Gasteiger charge is 2.37. The third kappa shape index (κ3) is 3.70. The van der Waals surface area contributed by atoms with Gasteiger partial charge in [-0.05, 0) is 55.8 Å². The van der Waals surface area contributed by atoms with Crippen LogP contribution in [0.25, 0.3) is 0 Å². The zero-order valence-corrected chi connectivity index (χ0v) is 13.8. The van der Waals surface area contributed by atoms with Crippen LogP contribution < -0.4 is 14.8 Å². The standard InChI is InChI=1S/C18H29NO2/c1-5-9-20-17-8-7-14(11-18(17)21-10-6-2)15-12-16(19-4)13(15)3/h7-8,11,13,15-16,19H,5-6,9-10,12H2,1-4H3. The van der Waals surface area contributed by atoms with Crippen molar-refractivity contribution in [1.29, 1.82) is 0 Å². The Morgan fingerprint density at radius 1 is 1.10 bits per heavy atom. The average molecular weight is 291 g/mol. The molecule has 1 aromatic rings. The summed E-state index contributed by atoms with van der Waals surface area (Å²) in [5.41, 5.74) is 1.38. The lowest BCUT2D eigenvalue weighted by Crippen LogP contribution is -2.46. The summed E-state index contributed by atoms with van der Waals surface area (Å²) in [6, 6.07) is 7.12. The molecule has 21 heavy (non-hydrogen) atoms. The van der Waals surface area contributed by atoms with Crippen molar-refractivity contribution in [3.8, 4) is 11.5 Å². The van der Waals surface area contributed by atoms with Crippen LogP contribution in [0.1, 0.15) is 51.5 Å². The van der Waals surface area contributed by atoms with E-state index in [1.54, 1.807) is 0 Å². The molecule has 1 aliphatic rings. The monoisotopic (exact) mass is 291 g/mol. The van der Waals surface area contributed by atoms with Crippen LogP contribution in [0.3, 0.4) is 0 Å². The molecule has 3 heteroatoms. The van der Waals surface area contributed by atoms with Gasteiger partial charge in [0.2, 0.25) is 0 Å². The van der Waals surface area contributed by atoms with E-state index in [1.807, 2.05) is 0 Å². The summed E-state index contributed by atoms with van der Waals surface area (Å²) in [4.78, 5) is 0. The van der Waals surface area contributed by atoms with Gasteiger partial charge in [0, 0.05) is 6.04 Å². The molecule has 1 aromatic carbocycles. The summed E-state index contributed by atoms with van der Waals surface area (Å²) in [6.45, 7) is 8.05. The summed E-state index contributed by atoms with van der Waals surface area (Å²) >= 11 is 0. The second-order valence-electron chi connectivity index (χ2n) is 6.00. The molecule has 0 radical (unpaired) electrons. The Morgan fingerprint density at radius 2 is 1.76 bits per heavy atom. The number of benzene rings is 1. The molecule has 0 amide bonds. The molecule has 0 heterocycles. The van der Waals surface area contributed by atoms with Gasteiger partial charge in [-0.25, -0.2) is 0 Å². The highest BCUT2D eigenvalue weighted by molar-refractivity contribution is 5.45. The molecule has 3 unspecified atom stereocenters. The van der Waals surface area contributed by atoms with E-state index in [1.165, 1.54) is 12.0 Å². The van der Waals surface area contributed by atoms with Gasteiger partial charge in [-0.15, -0.1) is 0 Å². The van der Waals surface area contributed by atoms with Crippen LogP contribution in [-0.4, -0.2) is 26.3 Å². The van der Waals surface area contributed by atoms with Gasteiger partial charge in [-0.3, -0.25) is 0 Å². The van der Waals surface area contributed by atoms with Crippen LogP contribution in [0.4, 0.5) is 0 Å². The third-order valence-electron chi connectivity index (χ3n) is 4.47. The molecular weight excluding hydrogens is 262 g/mol. The number of rotatable bonds is 8. The lowest BCUT2D eigenvalue weighted by Gasteiger charge is -2.43. The van der Waals surface area contributed by atoms with E-state index in [0.29, 0.717) is 17.9 Å². The van der Waals surface area contributed by atoms with Gasteiger partial charge in [0.1, 0.15) is 0 Å². The maximum Gasteiger partial charge on any atom is 0.161 e. The quantitative estimate of drug-likeness (QED) is 0.786. The van der Waals surface area contributed by atoms with Gasteiger partial charge in [0.05, 0.1) is 13.2 Å². The van der Waals surface area contributed by atoms with Crippen LogP contribution in [0.5, 0.6) is 11.5 Å². The SMILES string of the molecule is CCCOc1ccc(C2CC(NC)C2C)cc1OCCC. The molecule has 0 saturated heterocycles. The molecule has 3 atom stereocenters. The Hall–Kier alpha value is -1.22. The molecular formula is C18H29NO2. The Kier molecular flexibility index (Phi) is 5.92. The van der Waals surface area contributed by atoms with Gasteiger partial charge in [-0.1, -0.05) is 26.8 Å². The van der Waals surface area contributed by atoms with Crippen molar-refractivity contribution in [3.05, 3.63) is 23.8 Å². The number of ether oxygens (including phenoxy) is 2. The van der Waals surface area contributed by atoms with Crippen molar-refractivity contribution < 1.29 is 9.47 Å². The predicted molar refractivity (Wildman–Crippen MR) is 87.4 cm³/mol. The first-order valence-corrected chi connectivity index (χ1v) is 8.28. The number of hydrogen-bond acceptors (Lipinski definition) is 3. The van der Waals surface area contributed by atoms with Crippen LogP contribution in [0, 0.1) is 5.92 Å². The molecule has 1 N–H and O–H groups in total. The number of hydrogen-bond donors (Lipinski definition) is 1. The normalized spacial score (nSPS) is 24.5. The van der Waals surface area contributed by atoms with Gasteiger partial charge in [0.15, 0.2) is 11.5 Å². The summed E-state index contributed by atoms with van der Waals surface area (Å²) in [5, 5.41) is 3.38. The van der Waals surface area contributed by atoms with Crippen molar-refractivity contribution in [1.82, 2.24) is 5.32 Å². The predicted octanol–water partition coefficient (Wildman–Crippen LogP) is 3.98. The van der Waals surface area contributed by atoms with E-state index in [9.17, 15) is 0 Å². The highest BCUT2D eigenvalue weighted by Crippen LogP contribution is 2.44. The Morgan fingerprint density at radius 3 is 2.33 bits per heavy atom. The van der Waals surface area contributed by atoms with E-state index in [-0.39, 0.29) is 0 Å². The fraction of sp³-hybridized carbons (Fsp3) is 0.667. The molecule has 3 nitrogen and oxygen atoms in total. The van der Waals surface area contributed by atoms with E-state index in [0.717, 1.165) is 37.6 Å². The van der Waals surface area contributed by atoms with Crippen molar-refractivity contribution in [2.45, 2.75) is 52.0 Å². The Labute approximate surface area is 129 Å². The zero-order valence-electron chi connectivity index (χ0n) is 13.8. The van der Waals surface area contributed by atoms with Gasteiger partial charge in [-0.2, -0.15) is 0 Å². The summed E-state index contributed by atoms with van der Waals surface area (Å²) in [7, 11) is 2.05. The largest absolute Gasteiger partial charge is 0.490 e. The van der Waals surface area contributed by atoms with Crippen molar-refractivity contribution >= 4 is 0 Å². The maximum atomic E-state index is 5.89. The second kappa shape index (κ2) is 7.69. The molecule has 0 bridgehead atoms. The zero-order chi connectivity index (χ0) is 15.2. The van der Waals surface area contributed by atoms with Crippen LogP contribution in [-0.2, 0) is 0 Å². The first-order chi connectivity index (χ1) is 10.2. The minimum Gasteiger partial charge on any atom is -0.490 e. The lowest BCUT2D eigenvalue weighted by molar-refractivity contribution is 0.193. The Balaban J connectivity index is 2.12. The summed E-state index contributed by atoms with van der Waals surface area (Å²) in [5.74, 6) is 3.09. The smallest absolute Gasteiger partial charge is 0.161 e. The van der Waals surface area contributed by atoms with Crippen LogP contribution in [0.15, 0.2) is 18.2 Å². The van der Waals surface area contributed by atoms with E-state index in [2.05, 4.69) is 51.3 Å². The molecule has 1 fully saturated rings. The lowest BCUT2D eigenvalue weighted by atomic mass is 9.67. The van der Waals surface area contributed by atoms with E-state index < -0.39 is 0 Å². The van der Waals surface area contributed by atoms with Crippen molar-refractivity contribution in [2.75, 3.05) is 20.3 Å². The topological polar surface area (TPSA) is 30.5 Å². The van der Waals surface area contributed by atoms with Crippen LogP contribution >= 0.6 is 0 Å². The molecule has 118 valence electrons. The maximum absolute atomic E-state index is 5.89. The molecule has 2 rings (SSSR count). The van der Waals surface area contributed by atoms with Gasteiger partial charge >= 0.3 is 0 Å². The molecule has 1 aliphatic carbocycles.